The van der Waals surface area contributed by atoms with Crippen LogP contribution in [0.4, 0.5) is 0 Å². The Morgan fingerprint density at radius 3 is 2.00 bits per heavy atom. The molecule has 1 aromatic carbocycles. The van der Waals surface area contributed by atoms with Gasteiger partial charge in [-0.05, 0) is 43.9 Å². The average molecular weight is 274 g/mol. The van der Waals surface area contributed by atoms with Gasteiger partial charge in [0, 0.05) is 0 Å². The van der Waals surface area contributed by atoms with Gasteiger partial charge in [-0.25, -0.2) is 4.79 Å². The number of carboxylic acid groups (broad SMARTS) is 1. The van der Waals surface area contributed by atoms with Gasteiger partial charge in [0.25, 0.3) is 0 Å². The van der Waals surface area contributed by atoms with Crippen molar-refractivity contribution in [3.8, 4) is 5.75 Å². The molecule has 0 spiro atoms. The van der Waals surface area contributed by atoms with E-state index in [0.717, 1.165) is 5.56 Å². The Balaban J connectivity index is 0.00000324. The summed E-state index contributed by atoms with van der Waals surface area (Å²) in [7, 11) is 0. The van der Waals surface area contributed by atoms with Crippen molar-refractivity contribution in [2.75, 3.05) is 0 Å². The SMILES string of the molecule is CC(C)(C)Oc1ccc(C(C)(C)C)cc1C(=O)O.[NaH]. The molecule has 0 aliphatic carbocycles. The second-order valence-corrected chi connectivity index (χ2v) is 6.48. The number of carbonyl (C=O) groups is 1. The summed E-state index contributed by atoms with van der Waals surface area (Å²) < 4.78 is 5.68. The molecule has 0 saturated carbocycles. The van der Waals surface area contributed by atoms with Crippen LogP contribution in [-0.4, -0.2) is 46.2 Å². The van der Waals surface area contributed by atoms with Crippen LogP contribution in [0.5, 0.6) is 5.75 Å². The number of hydrogen-bond acceptors (Lipinski definition) is 2. The number of ether oxygens (including phenoxy) is 1. The summed E-state index contributed by atoms with van der Waals surface area (Å²) in [5.41, 5.74) is 0.719. The molecule has 0 heterocycles. The summed E-state index contributed by atoms with van der Waals surface area (Å²) in [5, 5.41) is 9.27. The van der Waals surface area contributed by atoms with Gasteiger partial charge < -0.3 is 9.84 Å². The van der Waals surface area contributed by atoms with Gasteiger partial charge in [0.2, 0.25) is 0 Å². The molecule has 3 nitrogen and oxygen atoms in total. The Hall–Kier alpha value is -0.510. The summed E-state index contributed by atoms with van der Waals surface area (Å²) in [4.78, 5) is 11.3. The first kappa shape index (κ1) is 18.5. The fourth-order valence-electron chi connectivity index (χ4n) is 1.58. The maximum absolute atomic E-state index is 11.3. The van der Waals surface area contributed by atoms with Gasteiger partial charge in [-0.1, -0.05) is 26.8 Å². The van der Waals surface area contributed by atoms with Crippen molar-refractivity contribution in [3.63, 3.8) is 0 Å². The van der Waals surface area contributed by atoms with Crippen molar-refractivity contribution in [1.82, 2.24) is 0 Å². The number of carboxylic acids is 1. The normalized spacial score (nSPS) is 11.7. The van der Waals surface area contributed by atoms with Crippen LogP contribution in [0.3, 0.4) is 0 Å². The minimum atomic E-state index is -0.958. The fourth-order valence-corrected chi connectivity index (χ4v) is 1.58. The molecule has 102 valence electrons. The zero-order chi connectivity index (χ0) is 14.1. The summed E-state index contributed by atoms with van der Waals surface area (Å²) in [6, 6.07) is 5.37. The van der Waals surface area contributed by atoms with Crippen molar-refractivity contribution < 1.29 is 14.6 Å². The van der Waals surface area contributed by atoms with E-state index in [1.807, 2.05) is 26.8 Å². The van der Waals surface area contributed by atoms with Gasteiger partial charge in [0.05, 0.1) is 0 Å². The van der Waals surface area contributed by atoms with Gasteiger partial charge in [-0.2, -0.15) is 0 Å². The molecule has 0 unspecified atom stereocenters. The zero-order valence-corrected chi connectivity index (χ0v) is 12.0. The van der Waals surface area contributed by atoms with Crippen LogP contribution in [0, 0.1) is 0 Å². The van der Waals surface area contributed by atoms with E-state index in [9.17, 15) is 9.90 Å². The second-order valence-electron chi connectivity index (χ2n) is 6.48. The van der Waals surface area contributed by atoms with Crippen LogP contribution in [-0.2, 0) is 5.41 Å². The third-order valence-electron chi connectivity index (χ3n) is 2.49. The number of benzene rings is 1. The minimum absolute atomic E-state index is 0. The van der Waals surface area contributed by atoms with Crippen molar-refractivity contribution in [2.45, 2.75) is 52.6 Å². The third kappa shape index (κ3) is 5.55. The van der Waals surface area contributed by atoms with Crippen LogP contribution < -0.4 is 4.74 Å². The molecule has 0 amide bonds. The van der Waals surface area contributed by atoms with Gasteiger partial charge in [-0.15, -0.1) is 0 Å². The number of rotatable bonds is 2. The summed E-state index contributed by atoms with van der Waals surface area (Å²) in [6.07, 6.45) is 0. The number of aromatic carboxylic acids is 1. The Morgan fingerprint density at radius 1 is 1.11 bits per heavy atom. The molecule has 0 aliphatic rings. The van der Waals surface area contributed by atoms with E-state index in [4.69, 9.17) is 4.74 Å². The van der Waals surface area contributed by atoms with Crippen LogP contribution >= 0.6 is 0 Å². The average Bonchev–Trinajstić information content (AvgIpc) is 2.13. The van der Waals surface area contributed by atoms with E-state index < -0.39 is 11.6 Å². The Morgan fingerprint density at radius 2 is 1.63 bits per heavy atom. The first-order valence-electron chi connectivity index (χ1n) is 6.07. The van der Waals surface area contributed by atoms with E-state index in [1.54, 1.807) is 12.1 Å². The van der Waals surface area contributed by atoms with Gasteiger partial charge >= 0.3 is 35.5 Å². The Bertz CT molecular complexity index is 453. The van der Waals surface area contributed by atoms with Crippen molar-refractivity contribution in [1.29, 1.82) is 0 Å². The van der Waals surface area contributed by atoms with E-state index in [0.29, 0.717) is 5.75 Å². The van der Waals surface area contributed by atoms with Crippen LogP contribution in [0.15, 0.2) is 18.2 Å². The molecular weight excluding hydrogens is 251 g/mol. The van der Waals surface area contributed by atoms with E-state index in [1.165, 1.54) is 0 Å². The predicted molar refractivity (Wildman–Crippen MR) is 79.6 cm³/mol. The maximum atomic E-state index is 11.3. The standard InChI is InChI=1S/C15H22O3.Na.H/c1-14(2,3)10-7-8-12(18-15(4,5)6)11(9-10)13(16)17;;/h7-9H,1-6H3,(H,16,17);;. The van der Waals surface area contributed by atoms with E-state index >= 15 is 0 Å². The van der Waals surface area contributed by atoms with Crippen LogP contribution in [0.2, 0.25) is 0 Å². The molecule has 0 atom stereocenters. The van der Waals surface area contributed by atoms with Gasteiger partial charge in [-0.3, -0.25) is 0 Å². The first-order valence-corrected chi connectivity index (χ1v) is 6.07. The molecular formula is C15H23NaO3. The van der Waals surface area contributed by atoms with Gasteiger partial charge in [0.1, 0.15) is 16.9 Å². The topological polar surface area (TPSA) is 46.5 Å². The molecule has 1 rings (SSSR count). The first-order chi connectivity index (χ1) is 8.00. The summed E-state index contributed by atoms with van der Waals surface area (Å²) in [5.74, 6) is -0.539. The fraction of sp³-hybridized carbons (Fsp3) is 0.533. The van der Waals surface area contributed by atoms with Crippen LogP contribution in [0.1, 0.15) is 57.5 Å². The molecule has 4 heteroatoms. The number of hydrogen-bond donors (Lipinski definition) is 1. The molecule has 0 aromatic heterocycles. The van der Waals surface area contributed by atoms with Crippen molar-refractivity contribution in [2.24, 2.45) is 0 Å². The molecule has 0 fully saturated rings. The summed E-state index contributed by atoms with van der Waals surface area (Å²) >= 11 is 0. The van der Waals surface area contributed by atoms with Crippen molar-refractivity contribution in [3.05, 3.63) is 29.3 Å². The van der Waals surface area contributed by atoms with E-state index in [2.05, 4.69) is 20.8 Å². The third-order valence-corrected chi connectivity index (χ3v) is 2.49. The molecule has 0 aliphatic heterocycles. The van der Waals surface area contributed by atoms with Gasteiger partial charge in [0.15, 0.2) is 0 Å². The van der Waals surface area contributed by atoms with E-state index in [-0.39, 0.29) is 40.5 Å². The molecule has 0 saturated heterocycles. The molecule has 1 aromatic rings. The monoisotopic (exact) mass is 274 g/mol. The van der Waals surface area contributed by atoms with Crippen molar-refractivity contribution >= 4 is 35.5 Å². The quantitative estimate of drug-likeness (QED) is 0.842. The second kappa shape index (κ2) is 6.29. The Kier molecular flexibility index (Phi) is 6.12. The molecule has 1 N–H and O–H groups in total. The molecule has 0 bridgehead atoms. The Labute approximate surface area is 137 Å². The zero-order valence-electron chi connectivity index (χ0n) is 12.0. The molecule has 0 radical (unpaired) electrons. The van der Waals surface area contributed by atoms with Crippen LogP contribution in [0.25, 0.3) is 0 Å². The predicted octanol–water partition coefficient (Wildman–Crippen LogP) is 3.21. The summed E-state index contributed by atoms with van der Waals surface area (Å²) in [6.45, 7) is 11.9. The molecule has 19 heavy (non-hydrogen) atoms.